The maximum atomic E-state index is 12.5. The zero-order chi connectivity index (χ0) is 20.3. The molecular formula is C23H36O5. The first-order valence-electron chi connectivity index (χ1n) is 11.1. The van der Waals surface area contributed by atoms with Gasteiger partial charge in [-0.3, -0.25) is 9.59 Å². The smallest absolute Gasteiger partial charge is 0.308 e. The summed E-state index contributed by atoms with van der Waals surface area (Å²) in [5.74, 6) is 1.19. The monoisotopic (exact) mass is 392 g/mol. The van der Waals surface area contributed by atoms with Gasteiger partial charge in [0.05, 0.1) is 18.4 Å². The lowest BCUT2D eigenvalue weighted by Gasteiger charge is -2.46. The third kappa shape index (κ3) is 4.97. The molecule has 0 aromatic carbocycles. The molecule has 0 aromatic rings. The van der Waals surface area contributed by atoms with Crippen LogP contribution in [-0.2, 0) is 19.1 Å². The van der Waals surface area contributed by atoms with Gasteiger partial charge in [-0.1, -0.05) is 32.9 Å². The van der Waals surface area contributed by atoms with Gasteiger partial charge in [-0.25, -0.2) is 0 Å². The average Bonchev–Trinajstić information content (AvgIpc) is 2.66. The number of carbonyl (C=O) groups is 2. The Morgan fingerprint density at radius 3 is 2.82 bits per heavy atom. The second-order valence-electron chi connectivity index (χ2n) is 9.15. The Kier molecular flexibility index (Phi) is 7.19. The molecule has 1 heterocycles. The van der Waals surface area contributed by atoms with E-state index in [0.29, 0.717) is 30.1 Å². The summed E-state index contributed by atoms with van der Waals surface area (Å²) in [7, 11) is 0. The van der Waals surface area contributed by atoms with E-state index in [1.54, 1.807) is 0 Å². The summed E-state index contributed by atoms with van der Waals surface area (Å²) in [5, 5.41) is 9.87. The molecule has 1 aliphatic heterocycles. The molecule has 28 heavy (non-hydrogen) atoms. The van der Waals surface area contributed by atoms with Crippen LogP contribution in [0.3, 0.4) is 0 Å². The lowest BCUT2D eigenvalue weighted by molar-refractivity contribution is -0.164. The molecule has 3 rings (SSSR count). The summed E-state index contributed by atoms with van der Waals surface area (Å²) >= 11 is 0. The van der Waals surface area contributed by atoms with Gasteiger partial charge in [-0.15, -0.1) is 0 Å². The zero-order valence-corrected chi connectivity index (χ0v) is 17.5. The predicted molar refractivity (Wildman–Crippen MR) is 106 cm³/mol. The van der Waals surface area contributed by atoms with Crippen molar-refractivity contribution < 1.29 is 24.2 Å². The summed E-state index contributed by atoms with van der Waals surface area (Å²) < 4.78 is 11.5. The maximum Gasteiger partial charge on any atom is 0.308 e. The first-order chi connectivity index (χ1) is 13.4. The van der Waals surface area contributed by atoms with E-state index < -0.39 is 6.10 Å². The Bertz CT molecular complexity index is 586. The van der Waals surface area contributed by atoms with Gasteiger partial charge in [-0.05, 0) is 56.3 Å². The molecular weight excluding hydrogens is 356 g/mol. The van der Waals surface area contributed by atoms with Crippen LogP contribution in [0.1, 0.15) is 72.1 Å². The van der Waals surface area contributed by atoms with E-state index >= 15 is 0 Å². The molecule has 8 unspecified atom stereocenters. The van der Waals surface area contributed by atoms with Crippen molar-refractivity contribution in [2.45, 2.75) is 90.4 Å². The molecule has 1 saturated carbocycles. The highest BCUT2D eigenvalue weighted by Gasteiger charge is 2.43. The zero-order valence-electron chi connectivity index (χ0n) is 17.5. The molecule has 158 valence electrons. The number of esters is 2. The van der Waals surface area contributed by atoms with E-state index in [-0.39, 0.29) is 36.5 Å². The van der Waals surface area contributed by atoms with Crippen molar-refractivity contribution in [1.82, 2.24) is 0 Å². The van der Waals surface area contributed by atoms with Gasteiger partial charge in [0.2, 0.25) is 0 Å². The fourth-order valence-corrected chi connectivity index (χ4v) is 5.29. The van der Waals surface area contributed by atoms with E-state index in [2.05, 4.69) is 19.1 Å². The Balaban J connectivity index is 1.68. The van der Waals surface area contributed by atoms with Crippen LogP contribution in [0, 0.1) is 29.6 Å². The molecule has 0 aromatic heterocycles. The number of fused-ring (bicyclic) bond motifs is 1. The number of ether oxygens (including phenoxy) is 2. The second kappa shape index (κ2) is 9.43. The van der Waals surface area contributed by atoms with Crippen LogP contribution in [0.2, 0.25) is 0 Å². The van der Waals surface area contributed by atoms with Gasteiger partial charge in [0.15, 0.2) is 0 Å². The molecule has 0 amide bonds. The topological polar surface area (TPSA) is 72.8 Å². The van der Waals surface area contributed by atoms with Crippen molar-refractivity contribution in [3.05, 3.63) is 12.2 Å². The van der Waals surface area contributed by atoms with Gasteiger partial charge in [0, 0.05) is 12.3 Å². The quantitative estimate of drug-likeness (QED) is 0.546. The second-order valence-corrected chi connectivity index (χ2v) is 9.15. The van der Waals surface area contributed by atoms with E-state index in [1.165, 1.54) is 0 Å². The first kappa shape index (κ1) is 21.4. The molecule has 0 bridgehead atoms. The molecule has 8 atom stereocenters. The summed E-state index contributed by atoms with van der Waals surface area (Å²) in [5.41, 5.74) is 0. The number of cyclic esters (lactones) is 1. The van der Waals surface area contributed by atoms with Gasteiger partial charge >= 0.3 is 11.9 Å². The number of carbonyl (C=O) groups excluding carboxylic acids is 2. The minimum atomic E-state index is -0.582. The number of aliphatic hydroxyl groups excluding tert-OH is 1. The maximum absolute atomic E-state index is 12.5. The lowest BCUT2D eigenvalue weighted by Crippen LogP contribution is -2.44. The van der Waals surface area contributed by atoms with Crippen molar-refractivity contribution in [1.29, 1.82) is 0 Å². The molecule has 0 radical (unpaired) electrons. The van der Waals surface area contributed by atoms with Crippen LogP contribution < -0.4 is 0 Å². The fourth-order valence-electron chi connectivity index (χ4n) is 5.29. The lowest BCUT2D eigenvalue weighted by atomic mass is 9.62. The summed E-state index contributed by atoms with van der Waals surface area (Å²) in [6.45, 7) is 6.19. The highest BCUT2D eigenvalue weighted by Crippen LogP contribution is 2.46. The van der Waals surface area contributed by atoms with Crippen molar-refractivity contribution in [2.24, 2.45) is 29.6 Å². The van der Waals surface area contributed by atoms with Crippen LogP contribution in [0.5, 0.6) is 0 Å². The standard InChI is InChI=1S/C23H36O5/c1-4-14(2)23(26)28-20-7-5-6-16-9-8-15(3)19(22(16)20)11-10-18-12-17(24)13-21(25)27-18/h8-9,14-20,22,24H,4-7,10-13H2,1-3H3. The van der Waals surface area contributed by atoms with Gasteiger partial charge in [-0.2, -0.15) is 0 Å². The van der Waals surface area contributed by atoms with Gasteiger partial charge in [0.25, 0.3) is 0 Å². The van der Waals surface area contributed by atoms with Crippen molar-refractivity contribution in [3.8, 4) is 0 Å². The molecule has 3 aliphatic rings. The fraction of sp³-hybridized carbons (Fsp3) is 0.826. The number of allylic oxidation sites excluding steroid dienone is 2. The third-order valence-corrected chi connectivity index (χ3v) is 7.12. The molecule has 2 aliphatic carbocycles. The molecule has 5 heteroatoms. The SMILES string of the molecule is CCC(C)C(=O)OC1CCCC2C=CC(C)C(CCC3CC(O)CC(=O)O3)C21. The number of hydrogen-bond acceptors (Lipinski definition) is 5. The number of hydrogen-bond donors (Lipinski definition) is 1. The number of rotatable bonds is 6. The Morgan fingerprint density at radius 1 is 1.32 bits per heavy atom. The highest BCUT2D eigenvalue weighted by atomic mass is 16.5. The average molecular weight is 393 g/mol. The van der Waals surface area contributed by atoms with Crippen molar-refractivity contribution in [3.63, 3.8) is 0 Å². The first-order valence-corrected chi connectivity index (χ1v) is 11.1. The molecule has 0 spiro atoms. The van der Waals surface area contributed by atoms with Crippen LogP contribution >= 0.6 is 0 Å². The largest absolute Gasteiger partial charge is 0.462 e. The normalized spacial score (nSPS) is 39.0. The van der Waals surface area contributed by atoms with Gasteiger partial charge < -0.3 is 14.6 Å². The minimum Gasteiger partial charge on any atom is -0.462 e. The van der Waals surface area contributed by atoms with E-state index in [0.717, 1.165) is 38.5 Å². The third-order valence-electron chi connectivity index (χ3n) is 7.12. The van der Waals surface area contributed by atoms with E-state index in [4.69, 9.17) is 9.47 Å². The number of aliphatic hydroxyl groups is 1. The van der Waals surface area contributed by atoms with Crippen LogP contribution in [0.25, 0.3) is 0 Å². The molecule has 5 nitrogen and oxygen atoms in total. The van der Waals surface area contributed by atoms with E-state index in [1.807, 2.05) is 13.8 Å². The van der Waals surface area contributed by atoms with Crippen LogP contribution in [0.15, 0.2) is 12.2 Å². The summed E-state index contributed by atoms with van der Waals surface area (Å²) in [6.07, 6.45) is 10.2. The summed E-state index contributed by atoms with van der Waals surface area (Å²) in [6, 6.07) is 0. The summed E-state index contributed by atoms with van der Waals surface area (Å²) in [4.78, 5) is 24.1. The predicted octanol–water partition coefficient (Wildman–Crippen LogP) is 4.03. The highest BCUT2D eigenvalue weighted by molar-refractivity contribution is 5.72. The Labute approximate surface area is 168 Å². The van der Waals surface area contributed by atoms with Crippen LogP contribution in [0.4, 0.5) is 0 Å². The molecule has 1 saturated heterocycles. The molecule has 2 fully saturated rings. The van der Waals surface area contributed by atoms with Crippen molar-refractivity contribution >= 4 is 11.9 Å². The van der Waals surface area contributed by atoms with E-state index in [9.17, 15) is 14.7 Å². The minimum absolute atomic E-state index is 0.0165. The Hall–Kier alpha value is -1.36. The van der Waals surface area contributed by atoms with Crippen LogP contribution in [-0.4, -0.2) is 35.4 Å². The molecule has 1 N–H and O–H groups in total. The Morgan fingerprint density at radius 2 is 2.11 bits per heavy atom. The van der Waals surface area contributed by atoms with Crippen molar-refractivity contribution in [2.75, 3.05) is 0 Å². The van der Waals surface area contributed by atoms with Gasteiger partial charge in [0.1, 0.15) is 12.2 Å².